The van der Waals surface area contributed by atoms with Gasteiger partial charge >= 0.3 is 0 Å². The predicted molar refractivity (Wildman–Crippen MR) is 69.4 cm³/mol. The highest BCUT2D eigenvalue weighted by atomic mass is 79.9. The fourth-order valence-corrected chi connectivity index (χ4v) is 1.76. The van der Waals surface area contributed by atoms with Gasteiger partial charge in [-0.3, -0.25) is 9.59 Å². The van der Waals surface area contributed by atoms with E-state index in [9.17, 15) is 22.8 Å². The van der Waals surface area contributed by atoms with Gasteiger partial charge in [0.25, 0.3) is 5.91 Å². The van der Waals surface area contributed by atoms with Gasteiger partial charge in [0.15, 0.2) is 0 Å². The van der Waals surface area contributed by atoms with E-state index in [2.05, 4.69) is 27.8 Å². The highest BCUT2D eigenvalue weighted by molar-refractivity contribution is 9.11. The molecule has 0 saturated heterocycles. The molecule has 0 bridgehead atoms. The third-order valence-electron chi connectivity index (χ3n) is 2.31. The van der Waals surface area contributed by atoms with Crippen LogP contribution in [-0.2, 0) is 4.79 Å². The topological polar surface area (TPSA) is 72.2 Å². The predicted octanol–water partition coefficient (Wildman–Crippen LogP) is 1.99. The second-order valence-electron chi connectivity index (χ2n) is 3.89. The Bertz CT molecular complexity index is 555. The Kier molecular flexibility index (Phi) is 5.32. The highest BCUT2D eigenvalue weighted by Crippen LogP contribution is 2.16. The minimum atomic E-state index is -1.37. The molecular weight excluding hydrogens is 341 g/mol. The number of halogens is 4. The van der Waals surface area contributed by atoms with Gasteiger partial charge in [0, 0.05) is 18.6 Å². The Labute approximate surface area is 121 Å². The van der Waals surface area contributed by atoms with Crippen LogP contribution in [0.4, 0.5) is 13.2 Å². The Morgan fingerprint density at radius 3 is 2.20 bits per heavy atom. The van der Waals surface area contributed by atoms with Crippen LogP contribution in [0.25, 0.3) is 0 Å². The number of nitrogens with two attached hydrogens (primary N) is 1. The summed E-state index contributed by atoms with van der Waals surface area (Å²) in [6.45, 7) is 3.46. The summed E-state index contributed by atoms with van der Waals surface area (Å²) in [4.78, 5) is 22.9. The summed E-state index contributed by atoms with van der Waals surface area (Å²) >= 11 is 2.98. The molecule has 0 aliphatic rings. The van der Waals surface area contributed by atoms with Gasteiger partial charge in [0.1, 0.15) is 29.1 Å². The maximum absolute atomic E-state index is 13.4. The summed E-state index contributed by atoms with van der Waals surface area (Å²) < 4.78 is 39.9. The molecule has 4 nitrogen and oxygen atoms in total. The van der Waals surface area contributed by atoms with Crippen LogP contribution in [-0.4, -0.2) is 17.9 Å². The molecule has 20 heavy (non-hydrogen) atoms. The van der Waals surface area contributed by atoms with Crippen molar-refractivity contribution in [3.8, 4) is 0 Å². The van der Waals surface area contributed by atoms with Crippen molar-refractivity contribution in [3.05, 3.63) is 46.2 Å². The van der Waals surface area contributed by atoms with Gasteiger partial charge in [-0.05, 0) is 4.48 Å². The van der Waals surface area contributed by atoms with E-state index in [1.807, 2.05) is 0 Å². The molecule has 0 fully saturated rings. The molecule has 0 aliphatic carbocycles. The molecule has 2 amide bonds. The average molecular weight is 351 g/mol. The van der Waals surface area contributed by atoms with Gasteiger partial charge in [-0.1, -0.05) is 22.5 Å². The van der Waals surface area contributed by atoms with Crippen molar-refractivity contribution < 1.29 is 22.8 Å². The minimum Gasteiger partial charge on any atom is -0.368 e. The number of nitrogens with one attached hydrogen (secondary N) is 1. The number of primary amides is 1. The average Bonchev–Trinajstić information content (AvgIpc) is 2.25. The van der Waals surface area contributed by atoms with Crippen molar-refractivity contribution in [2.45, 2.75) is 12.5 Å². The van der Waals surface area contributed by atoms with Crippen molar-refractivity contribution in [2.75, 3.05) is 0 Å². The molecule has 0 aliphatic heterocycles. The molecule has 0 heterocycles. The lowest BCUT2D eigenvalue weighted by atomic mass is 10.1. The molecule has 0 aromatic heterocycles. The van der Waals surface area contributed by atoms with E-state index in [1.54, 1.807) is 0 Å². The molecule has 0 saturated carbocycles. The first kappa shape index (κ1) is 16.2. The van der Waals surface area contributed by atoms with Crippen LogP contribution >= 0.6 is 15.9 Å². The number of hydrogen-bond acceptors (Lipinski definition) is 2. The van der Waals surface area contributed by atoms with Gasteiger partial charge in [0.2, 0.25) is 5.91 Å². The Hall–Kier alpha value is -1.83. The van der Waals surface area contributed by atoms with E-state index in [0.717, 1.165) is 0 Å². The van der Waals surface area contributed by atoms with Crippen LogP contribution in [0.2, 0.25) is 0 Å². The molecule has 3 N–H and O–H groups in total. The molecule has 1 rings (SSSR count). The smallest absolute Gasteiger partial charge is 0.257 e. The van der Waals surface area contributed by atoms with Crippen LogP contribution in [0.15, 0.2) is 23.2 Å². The van der Waals surface area contributed by atoms with Crippen molar-refractivity contribution >= 4 is 27.7 Å². The lowest BCUT2D eigenvalue weighted by Crippen LogP contribution is -2.44. The maximum Gasteiger partial charge on any atom is 0.257 e. The van der Waals surface area contributed by atoms with Crippen molar-refractivity contribution in [2.24, 2.45) is 5.73 Å². The summed E-state index contributed by atoms with van der Waals surface area (Å²) in [5, 5.41) is 2.06. The minimum absolute atomic E-state index is 0.0501. The Morgan fingerprint density at radius 2 is 1.80 bits per heavy atom. The summed E-state index contributed by atoms with van der Waals surface area (Å²) in [5.41, 5.74) is 4.06. The number of carbonyl (C=O) groups excluding carboxylic acids is 2. The van der Waals surface area contributed by atoms with Gasteiger partial charge in [0.05, 0.1) is 0 Å². The van der Waals surface area contributed by atoms with Gasteiger partial charge < -0.3 is 11.1 Å². The standard InChI is InChI=1S/C12H10BrF3N2O2/c1-5(13)2-9(11(17)19)18-12(20)10-7(15)3-6(14)4-8(10)16/h3-4,9H,1-2H2,(H2,17,19)(H,18,20)/t9-/m0/s1. The fourth-order valence-electron chi connectivity index (χ4n) is 1.43. The summed E-state index contributed by atoms with van der Waals surface area (Å²) in [6, 6.07) is -0.473. The molecular formula is C12H10BrF3N2O2. The number of benzene rings is 1. The fraction of sp³-hybridized carbons (Fsp3) is 0.167. The van der Waals surface area contributed by atoms with Crippen molar-refractivity contribution in [1.29, 1.82) is 0 Å². The molecule has 0 spiro atoms. The number of rotatable bonds is 5. The molecule has 108 valence electrons. The van der Waals surface area contributed by atoms with Gasteiger partial charge in [-0.2, -0.15) is 0 Å². The van der Waals surface area contributed by atoms with Gasteiger partial charge in [-0.25, -0.2) is 13.2 Å². The summed E-state index contributed by atoms with van der Waals surface area (Å²) in [7, 11) is 0. The van der Waals surface area contributed by atoms with Crippen LogP contribution < -0.4 is 11.1 Å². The first-order chi connectivity index (χ1) is 9.22. The summed E-state index contributed by atoms with van der Waals surface area (Å²) in [6.07, 6.45) is -0.0501. The van der Waals surface area contributed by atoms with E-state index in [-0.39, 0.29) is 6.42 Å². The third kappa shape index (κ3) is 4.09. The van der Waals surface area contributed by atoms with E-state index in [0.29, 0.717) is 16.6 Å². The monoisotopic (exact) mass is 350 g/mol. The van der Waals surface area contributed by atoms with Crippen molar-refractivity contribution in [3.63, 3.8) is 0 Å². The third-order valence-corrected chi connectivity index (χ3v) is 2.63. The molecule has 1 aromatic carbocycles. The van der Waals surface area contributed by atoms with E-state index >= 15 is 0 Å². The quantitative estimate of drug-likeness (QED) is 0.852. The second-order valence-corrected chi connectivity index (χ2v) is 5.02. The first-order valence-electron chi connectivity index (χ1n) is 5.30. The number of amides is 2. The van der Waals surface area contributed by atoms with E-state index in [4.69, 9.17) is 5.73 Å². The second kappa shape index (κ2) is 6.56. The van der Waals surface area contributed by atoms with E-state index < -0.39 is 40.9 Å². The lowest BCUT2D eigenvalue weighted by Gasteiger charge is -2.15. The first-order valence-corrected chi connectivity index (χ1v) is 6.09. The molecule has 0 radical (unpaired) electrons. The van der Waals surface area contributed by atoms with Crippen LogP contribution in [0.5, 0.6) is 0 Å². The zero-order valence-corrected chi connectivity index (χ0v) is 11.6. The number of carbonyl (C=O) groups is 2. The Morgan fingerprint density at radius 1 is 1.30 bits per heavy atom. The van der Waals surface area contributed by atoms with Crippen molar-refractivity contribution in [1.82, 2.24) is 5.32 Å². The zero-order chi connectivity index (χ0) is 15.4. The highest BCUT2D eigenvalue weighted by Gasteiger charge is 2.24. The van der Waals surface area contributed by atoms with Crippen LogP contribution in [0.1, 0.15) is 16.8 Å². The normalized spacial score (nSPS) is 11.8. The lowest BCUT2D eigenvalue weighted by molar-refractivity contribution is -0.119. The van der Waals surface area contributed by atoms with Crippen LogP contribution in [0.3, 0.4) is 0 Å². The molecule has 1 atom stereocenters. The number of hydrogen-bond donors (Lipinski definition) is 2. The molecule has 8 heteroatoms. The molecule has 0 unspecified atom stereocenters. The van der Waals surface area contributed by atoms with Gasteiger partial charge in [-0.15, -0.1) is 0 Å². The van der Waals surface area contributed by atoms with E-state index in [1.165, 1.54) is 0 Å². The van der Waals surface area contributed by atoms with Crippen LogP contribution in [0, 0.1) is 17.5 Å². The Balaban J connectivity index is 3.01. The largest absolute Gasteiger partial charge is 0.368 e. The zero-order valence-electron chi connectivity index (χ0n) is 10.1. The SMILES string of the molecule is C=C(Br)C[C@H](NC(=O)c1c(F)cc(F)cc1F)C(N)=O. The summed E-state index contributed by atoms with van der Waals surface area (Å²) in [5.74, 6) is -6.02. The molecule has 1 aromatic rings. The maximum atomic E-state index is 13.4.